The highest BCUT2D eigenvalue weighted by atomic mass is 19.4. The second kappa shape index (κ2) is 5.71. The van der Waals surface area contributed by atoms with Crippen LogP contribution in [0.2, 0.25) is 0 Å². The average Bonchev–Trinajstić information content (AvgIpc) is 2.16. The highest BCUT2D eigenvalue weighted by Gasteiger charge is 2.62. The van der Waals surface area contributed by atoms with Crippen molar-refractivity contribution in [1.82, 2.24) is 5.32 Å². The lowest BCUT2D eigenvalue weighted by Gasteiger charge is -2.27. The molecule has 1 atom stereocenters. The van der Waals surface area contributed by atoms with Crippen molar-refractivity contribution in [2.75, 3.05) is 13.2 Å². The van der Waals surface area contributed by atoms with Crippen molar-refractivity contribution in [3.8, 4) is 0 Å². The predicted octanol–water partition coefficient (Wildman–Crippen LogP) is 0.547. The number of aliphatic hydroxyl groups is 1. The monoisotopic (exact) mass is 259 g/mol. The van der Waals surface area contributed by atoms with E-state index >= 15 is 0 Å². The molecule has 0 unspecified atom stereocenters. The fourth-order valence-corrected chi connectivity index (χ4v) is 0.788. The molecule has 1 amide bonds. The molecule has 6 nitrogen and oxygen atoms in total. The van der Waals surface area contributed by atoms with E-state index in [9.17, 15) is 22.8 Å². The second-order valence-corrected chi connectivity index (χ2v) is 2.77. The molecule has 0 radical (unpaired) electrons. The number of halogens is 3. The Morgan fingerprint density at radius 1 is 1.18 bits per heavy atom. The zero-order valence-corrected chi connectivity index (χ0v) is 9.13. The molecule has 0 saturated heterocycles. The number of amides is 1. The first-order valence-corrected chi connectivity index (χ1v) is 4.60. The summed E-state index contributed by atoms with van der Waals surface area (Å²) >= 11 is 0. The van der Waals surface area contributed by atoms with Crippen molar-refractivity contribution in [2.24, 2.45) is 0 Å². The highest BCUT2D eigenvalue weighted by molar-refractivity contribution is 5.84. The topological polar surface area (TPSA) is 84.9 Å². The van der Waals surface area contributed by atoms with Gasteiger partial charge in [0.05, 0.1) is 13.2 Å². The lowest BCUT2D eigenvalue weighted by Crippen LogP contribution is -2.64. The third-order valence-corrected chi connectivity index (χ3v) is 1.54. The van der Waals surface area contributed by atoms with Crippen LogP contribution in [0.4, 0.5) is 18.0 Å². The second-order valence-electron chi connectivity index (χ2n) is 2.77. The van der Waals surface area contributed by atoms with Gasteiger partial charge in [-0.3, -0.25) is 5.32 Å². The summed E-state index contributed by atoms with van der Waals surface area (Å²) in [5.41, 5.74) is -4.12. The van der Waals surface area contributed by atoms with Crippen molar-refractivity contribution < 1.29 is 37.3 Å². The Morgan fingerprint density at radius 2 is 1.65 bits per heavy atom. The van der Waals surface area contributed by atoms with Crippen molar-refractivity contribution in [2.45, 2.75) is 25.7 Å². The van der Waals surface area contributed by atoms with Crippen LogP contribution in [-0.2, 0) is 14.3 Å². The molecule has 0 aliphatic rings. The maximum Gasteiger partial charge on any atom is 0.448 e. The van der Waals surface area contributed by atoms with Crippen LogP contribution < -0.4 is 5.32 Å². The third-order valence-electron chi connectivity index (χ3n) is 1.54. The van der Waals surface area contributed by atoms with Gasteiger partial charge in [-0.25, -0.2) is 9.59 Å². The first kappa shape index (κ1) is 15.5. The minimum absolute atomic E-state index is 0.220. The van der Waals surface area contributed by atoms with E-state index in [1.54, 1.807) is 0 Å². The number of nitrogens with one attached hydrogen (secondary N) is 1. The minimum atomic E-state index is -5.42. The molecule has 0 bridgehead atoms. The molecule has 0 spiro atoms. The number of carbonyl (C=O) groups excluding carboxylic acids is 2. The number of hydrogen-bond donors (Lipinski definition) is 2. The minimum Gasteiger partial charge on any atom is -0.462 e. The third kappa shape index (κ3) is 3.77. The Balaban J connectivity index is 4.99. The molecule has 0 aliphatic carbocycles. The molecule has 0 heterocycles. The predicted molar refractivity (Wildman–Crippen MR) is 47.8 cm³/mol. The molecule has 0 aliphatic heterocycles. The molecule has 0 aromatic heterocycles. The van der Waals surface area contributed by atoms with Crippen LogP contribution in [-0.4, -0.2) is 42.3 Å². The smallest absolute Gasteiger partial charge is 0.448 e. The van der Waals surface area contributed by atoms with Gasteiger partial charge in [-0.15, -0.1) is 0 Å². The number of rotatable bonds is 4. The number of carbonyl (C=O) groups is 2. The maximum absolute atomic E-state index is 12.5. The van der Waals surface area contributed by atoms with Gasteiger partial charge in [0.2, 0.25) is 0 Å². The molecule has 17 heavy (non-hydrogen) atoms. The molecule has 100 valence electrons. The summed E-state index contributed by atoms with van der Waals surface area (Å²) in [5, 5.41) is 10.1. The van der Waals surface area contributed by atoms with E-state index in [-0.39, 0.29) is 13.2 Å². The number of alkyl halides is 3. The number of ether oxygens (including phenoxy) is 2. The molecule has 9 heteroatoms. The van der Waals surface area contributed by atoms with E-state index in [1.165, 1.54) is 13.8 Å². The number of esters is 1. The molecule has 0 saturated carbocycles. The van der Waals surface area contributed by atoms with Gasteiger partial charge < -0.3 is 14.6 Å². The van der Waals surface area contributed by atoms with Crippen LogP contribution in [0.1, 0.15) is 13.8 Å². The zero-order chi connectivity index (χ0) is 13.7. The largest absolute Gasteiger partial charge is 0.462 e. The van der Waals surface area contributed by atoms with E-state index in [0.717, 1.165) is 5.32 Å². The van der Waals surface area contributed by atoms with Crippen LogP contribution in [0.25, 0.3) is 0 Å². The first-order chi connectivity index (χ1) is 7.69. The summed E-state index contributed by atoms with van der Waals surface area (Å²) in [6.07, 6.45) is -7.01. The quantitative estimate of drug-likeness (QED) is 0.568. The fraction of sp³-hybridized carbons (Fsp3) is 0.750. The molecular formula is C8H12F3NO5. The maximum atomic E-state index is 12.5. The summed E-state index contributed by atoms with van der Waals surface area (Å²) in [4.78, 5) is 21.8. The molecule has 0 aromatic rings. The number of alkyl carbamates (subject to hydrolysis) is 1. The molecular weight excluding hydrogens is 247 g/mol. The van der Waals surface area contributed by atoms with Gasteiger partial charge in [-0.1, -0.05) is 0 Å². The Labute approximate surface area is 94.7 Å². The summed E-state index contributed by atoms with van der Waals surface area (Å²) in [5.74, 6) is -2.03. The average molecular weight is 259 g/mol. The van der Waals surface area contributed by atoms with Gasteiger partial charge in [0.15, 0.2) is 0 Å². The lowest BCUT2D eigenvalue weighted by atomic mass is 10.2. The van der Waals surface area contributed by atoms with E-state index < -0.39 is 24.0 Å². The Hall–Kier alpha value is -1.51. The zero-order valence-electron chi connectivity index (χ0n) is 9.13. The Morgan fingerprint density at radius 3 is 2.00 bits per heavy atom. The summed E-state index contributed by atoms with van der Waals surface area (Å²) < 4.78 is 45.5. The SMILES string of the molecule is CCOC(=O)N[C@](O)(C(=O)OCC)C(F)(F)F. The molecule has 0 rings (SSSR count). The lowest BCUT2D eigenvalue weighted by molar-refractivity contribution is -0.269. The summed E-state index contributed by atoms with van der Waals surface area (Å²) in [6.45, 7) is 1.99. The first-order valence-electron chi connectivity index (χ1n) is 4.60. The van der Waals surface area contributed by atoms with E-state index in [2.05, 4.69) is 9.47 Å². The highest BCUT2D eigenvalue weighted by Crippen LogP contribution is 2.29. The Kier molecular flexibility index (Phi) is 5.20. The van der Waals surface area contributed by atoms with Gasteiger partial charge >= 0.3 is 24.0 Å². The molecule has 0 aromatic carbocycles. The summed E-state index contributed by atoms with van der Waals surface area (Å²) in [7, 11) is 0. The molecule has 0 fully saturated rings. The van der Waals surface area contributed by atoms with Crippen LogP contribution in [0.15, 0.2) is 0 Å². The number of hydrogen-bond acceptors (Lipinski definition) is 5. The van der Waals surface area contributed by atoms with Crippen LogP contribution in [0, 0.1) is 0 Å². The summed E-state index contributed by atoms with van der Waals surface area (Å²) in [6, 6.07) is 0. The molecule has 2 N–H and O–H groups in total. The van der Waals surface area contributed by atoms with Gasteiger partial charge in [0, 0.05) is 0 Å². The standard InChI is InChI=1S/C8H12F3NO5/c1-3-16-5(13)7(15,8(9,10)11)12-6(14)17-4-2/h15H,3-4H2,1-2H3,(H,12,14)/t7-/m0/s1. The van der Waals surface area contributed by atoms with Crippen molar-refractivity contribution in [1.29, 1.82) is 0 Å². The van der Waals surface area contributed by atoms with Gasteiger partial charge in [-0.2, -0.15) is 13.2 Å². The van der Waals surface area contributed by atoms with E-state index in [0.29, 0.717) is 0 Å². The van der Waals surface area contributed by atoms with Crippen molar-refractivity contribution in [3.63, 3.8) is 0 Å². The van der Waals surface area contributed by atoms with Gasteiger partial charge in [0.1, 0.15) is 0 Å². The van der Waals surface area contributed by atoms with Crippen LogP contribution in [0.3, 0.4) is 0 Å². The normalized spacial score (nSPS) is 14.7. The van der Waals surface area contributed by atoms with Gasteiger partial charge in [0.25, 0.3) is 0 Å². The van der Waals surface area contributed by atoms with Crippen molar-refractivity contribution in [3.05, 3.63) is 0 Å². The van der Waals surface area contributed by atoms with Crippen LogP contribution in [0.5, 0.6) is 0 Å². The van der Waals surface area contributed by atoms with E-state index in [4.69, 9.17) is 5.11 Å². The fourth-order valence-electron chi connectivity index (χ4n) is 0.788. The van der Waals surface area contributed by atoms with Crippen LogP contribution >= 0.6 is 0 Å². The van der Waals surface area contributed by atoms with Crippen molar-refractivity contribution >= 4 is 12.1 Å². The Bertz CT molecular complexity index is 293. The van der Waals surface area contributed by atoms with E-state index in [1.807, 2.05) is 0 Å². The van der Waals surface area contributed by atoms with Gasteiger partial charge in [-0.05, 0) is 13.8 Å².